The van der Waals surface area contributed by atoms with Gasteiger partial charge in [0.25, 0.3) is 5.56 Å². The molecule has 10 heteroatoms. The van der Waals surface area contributed by atoms with E-state index in [-0.39, 0.29) is 12.2 Å². The van der Waals surface area contributed by atoms with Crippen molar-refractivity contribution in [2.24, 2.45) is 4.99 Å². The van der Waals surface area contributed by atoms with E-state index in [1.807, 2.05) is 91.5 Å². The number of ether oxygens (including phenoxy) is 3. The number of rotatable bonds is 10. The Hall–Kier alpha value is -5.48. The smallest absolute Gasteiger partial charge is 0.338 e. The van der Waals surface area contributed by atoms with Gasteiger partial charge in [0.2, 0.25) is 0 Å². The molecule has 0 radical (unpaired) electrons. The van der Waals surface area contributed by atoms with E-state index in [4.69, 9.17) is 24.3 Å². The molecule has 0 bridgehead atoms. The lowest BCUT2D eigenvalue weighted by Crippen LogP contribution is -2.39. The van der Waals surface area contributed by atoms with Crippen LogP contribution in [-0.2, 0) is 9.53 Å². The lowest BCUT2D eigenvalue weighted by atomic mass is 9.96. The lowest BCUT2D eigenvalue weighted by molar-refractivity contribution is -0.138. The fourth-order valence-corrected chi connectivity index (χ4v) is 6.62. The number of esters is 1. The minimum absolute atomic E-state index is 0.0363. The molecule has 0 fully saturated rings. The molecule has 238 valence electrons. The van der Waals surface area contributed by atoms with Crippen molar-refractivity contribution in [3.8, 4) is 28.4 Å². The summed E-state index contributed by atoms with van der Waals surface area (Å²) in [5.74, 6) is 0.911. The van der Waals surface area contributed by atoms with Crippen LogP contribution in [0.5, 0.6) is 11.5 Å². The number of hydrogen-bond acceptors (Lipinski definition) is 8. The summed E-state index contributed by atoms with van der Waals surface area (Å²) in [7, 11) is 1.59. The van der Waals surface area contributed by atoms with Gasteiger partial charge in [-0.25, -0.2) is 14.5 Å². The molecule has 3 aromatic carbocycles. The van der Waals surface area contributed by atoms with Crippen LogP contribution >= 0.6 is 11.3 Å². The molecule has 9 nitrogen and oxygen atoms in total. The topological polar surface area (TPSA) is 96.9 Å². The number of methoxy groups -OCH3 is 1. The average Bonchev–Trinajstić information content (AvgIpc) is 3.64. The van der Waals surface area contributed by atoms with Gasteiger partial charge in [0.05, 0.1) is 41.2 Å². The monoisotopic (exact) mass is 646 g/mol. The predicted octanol–water partition coefficient (Wildman–Crippen LogP) is 5.53. The molecule has 0 saturated heterocycles. The first-order valence-electron chi connectivity index (χ1n) is 15.2. The third-order valence-corrected chi connectivity index (χ3v) is 8.79. The summed E-state index contributed by atoms with van der Waals surface area (Å²) >= 11 is 1.26. The second kappa shape index (κ2) is 13.5. The molecule has 5 aromatic rings. The van der Waals surface area contributed by atoms with Crippen molar-refractivity contribution in [1.29, 1.82) is 0 Å². The molecule has 0 saturated carbocycles. The van der Waals surface area contributed by atoms with E-state index < -0.39 is 12.0 Å². The van der Waals surface area contributed by atoms with Crippen molar-refractivity contribution in [3.63, 3.8) is 0 Å². The van der Waals surface area contributed by atoms with Gasteiger partial charge in [-0.3, -0.25) is 9.36 Å². The molecule has 0 amide bonds. The largest absolute Gasteiger partial charge is 0.497 e. The van der Waals surface area contributed by atoms with Crippen LogP contribution in [-0.4, -0.2) is 40.6 Å². The Morgan fingerprint density at radius 3 is 2.51 bits per heavy atom. The second-order valence-corrected chi connectivity index (χ2v) is 11.9. The van der Waals surface area contributed by atoms with Crippen LogP contribution < -0.4 is 24.4 Å². The number of aromatic nitrogens is 3. The minimum atomic E-state index is -0.753. The summed E-state index contributed by atoms with van der Waals surface area (Å²) in [4.78, 5) is 32.9. The fourth-order valence-electron chi connectivity index (χ4n) is 5.58. The third-order valence-electron chi connectivity index (χ3n) is 7.80. The van der Waals surface area contributed by atoms with Crippen molar-refractivity contribution in [3.05, 3.63) is 139 Å². The number of carbonyl (C=O) groups is 1. The number of aryl methyl sites for hydroxylation is 1. The molecule has 2 aromatic heterocycles. The van der Waals surface area contributed by atoms with Crippen LogP contribution in [0.25, 0.3) is 23.0 Å². The van der Waals surface area contributed by atoms with Gasteiger partial charge in [-0.15, -0.1) is 0 Å². The highest BCUT2D eigenvalue weighted by Crippen LogP contribution is 2.32. The Kier molecular flexibility index (Phi) is 9.03. The van der Waals surface area contributed by atoms with Crippen LogP contribution in [0.4, 0.5) is 0 Å². The highest BCUT2D eigenvalue weighted by atomic mass is 32.1. The first-order valence-corrected chi connectivity index (χ1v) is 16.0. The predicted molar refractivity (Wildman–Crippen MR) is 183 cm³/mol. The van der Waals surface area contributed by atoms with E-state index in [2.05, 4.69) is 6.58 Å². The molecule has 1 aliphatic rings. The van der Waals surface area contributed by atoms with Crippen molar-refractivity contribution in [1.82, 2.24) is 14.3 Å². The van der Waals surface area contributed by atoms with Gasteiger partial charge in [-0.1, -0.05) is 54.3 Å². The Balaban J connectivity index is 1.54. The Morgan fingerprint density at radius 2 is 1.83 bits per heavy atom. The number of allylic oxidation sites excluding steroid dienone is 1. The molecule has 1 aliphatic heterocycles. The van der Waals surface area contributed by atoms with Crippen LogP contribution in [0.15, 0.2) is 113 Å². The number of carbonyl (C=O) groups excluding carboxylic acids is 1. The minimum Gasteiger partial charge on any atom is -0.497 e. The normalized spacial score (nSPS) is 14.4. The van der Waals surface area contributed by atoms with Crippen LogP contribution in [0.3, 0.4) is 0 Å². The van der Waals surface area contributed by atoms with Crippen molar-refractivity contribution < 1.29 is 19.0 Å². The first-order chi connectivity index (χ1) is 22.8. The summed E-state index contributed by atoms with van der Waals surface area (Å²) < 4.78 is 20.4. The van der Waals surface area contributed by atoms with Gasteiger partial charge in [0, 0.05) is 17.3 Å². The zero-order chi connectivity index (χ0) is 33.1. The van der Waals surface area contributed by atoms with Crippen molar-refractivity contribution >= 4 is 23.4 Å². The highest BCUT2D eigenvalue weighted by Gasteiger charge is 2.33. The Bertz CT molecular complexity index is 2180. The molecule has 3 heterocycles. The van der Waals surface area contributed by atoms with E-state index in [1.54, 1.807) is 30.7 Å². The SMILES string of the molecule is C=CCOC(=O)C1=C(C)N=c2sc(=Cc3cn(-c4ccccc4)nc3-c3ccc(OCC)c(C)c3)c(=O)n2C1c1ccc(OC)cc1. The molecular weight excluding hydrogens is 612 g/mol. The van der Waals surface area contributed by atoms with Crippen LogP contribution in [0.2, 0.25) is 0 Å². The third kappa shape index (κ3) is 6.19. The molecule has 47 heavy (non-hydrogen) atoms. The summed E-state index contributed by atoms with van der Waals surface area (Å²) in [6.45, 7) is 9.97. The van der Waals surface area contributed by atoms with Gasteiger partial charge >= 0.3 is 5.97 Å². The quantitative estimate of drug-likeness (QED) is 0.146. The number of para-hydroxylation sites is 1. The number of hydrogen-bond donors (Lipinski definition) is 0. The number of fused-ring (bicyclic) bond motifs is 1. The van der Waals surface area contributed by atoms with Crippen LogP contribution in [0.1, 0.15) is 36.6 Å². The lowest BCUT2D eigenvalue weighted by Gasteiger charge is -2.24. The van der Waals surface area contributed by atoms with Crippen molar-refractivity contribution in [2.75, 3.05) is 20.3 Å². The number of nitrogens with zero attached hydrogens (tertiary/aromatic N) is 4. The van der Waals surface area contributed by atoms with E-state index in [1.165, 1.54) is 17.4 Å². The maximum atomic E-state index is 14.3. The summed E-state index contributed by atoms with van der Waals surface area (Å²) in [6.07, 6.45) is 5.26. The maximum absolute atomic E-state index is 14.3. The van der Waals surface area contributed by atoms with E-state index in [0.717, 1.165) is 33.7 Å². The Labute approximate surface area is 276 Å². The molecule has 0 N–H and O–H groups in total. The number of benzene rings is 3. The highest BCUT2D eigenvalue weighted by molar-refractivity contribution is 7.07. The van der Waals surface area contributed by atoms with Gasteiger partial charge in [-0.05, 0) is 80.4 Å². The van der Waals surface area contributed by atoms with Gasteiger partial charge < -0.3 is 14.2 Å². The maximum Gasteiger partial charge on any atom is 0.338 e. The van der Waals surface area contributed by atoms with Crippen LogP contribution in [0, 0.1) is 6.92 Å². The average molecular weight is 647 g/mol. The van der Waals surface area contributed by atoms with Gasteiger partial charge in [-0.2, -0.15) is 5.10 Å². The summed E-state index contributed by atoms with van der Waals surface area (Å²) in [6, 6.07) is 22.3. The molecule has 0 aliphatic carbocycles. The van der Waals surface area contributed by atoms with E-state index in [0.29, 0.717) is 38.7 Å². The van der Waals surface area contributed by atoms with Gasteiger partial charge in [0.15, 0.2) is 4.80 Å². The summed E-state index contributed by atoms with van der Waals surface area (Å²) in [5.41, 5.74) is 5.43. The molecule has 6 rings (SSSR count). The first kappa shape index (κ1) is 31.5. The second-order valence-electron chi connectivity index (χ2n) is 10.9. The molecule has 1 unspecified atom stereocenters. The van der Waals surface area contributed by atoms with Gasteiger partial charge in [0.1, 0.15) is 23.8 Å². The molecule has 0 spiro atoms. The van der Waals surface area contributed by atoms with E-state index in [9.17, 15) is 9.59 Å². The molecular formula is C37H34N4O5S. The van der Waals surface area contributed by atoms with Crippen molar-refractivity contribution in [2.45, 2.75) is 26.8 Å². The zero-order valence-corrected chi connectivity index (χ0v) is 27.4. The zero-order valence-electron chi connectivity index (χ0n) is 26.6. The fraction of sp³-hybridized carbons (Fsp3) is 0.189. The van der Waals surface area contributed by atoms with E-state index >= 15 is 0 Å². The number of thiazole rings is 1. The standard InChI is InChI=1S/C37H34N4O5S/c1-6-19-46-36(43)32-24(4)38-37-41(34(32)25-13-16-29(44-5)17-14-25)35(42)31(47-37)21-27-22-40(28-11-9-8-10-12-28)39-33(27)26-15-18-30(45-7-2)23(3)20-26/h6,8-18,20-22,34H,1,7,19H2,2-5H3. The summed E-state index contributed by atoms with van der Waals surface area (Å²) in [5, 5.41) is 4.96. The Morgan fingerprint density at radius 1 is 1.06 bits per heavy atom. The molecule has 1 atom stereocenters.